The first-order valence-electron chi connectivity index (χ1n) is 10.2. The summed E-state index contributed by atoms with van der Waals surface area (Å²) in [7, 11) is 0. The zero-order chi connectivity index (χ0) is 24.4. The molecule has 3 amide bonds. The molecule has 2 aliphatic rings. The Morgan fingerprint density at radius 1 is 1.15 bits per heavy atom. The monoisotopic (exact) mass is 515 g/mol. The van der Waals surface area contributed by atoms with Crippen LogP contribution in [0, 0.1) is 0 Å². The van der Waals surface area contributed by atoms with E-state index in [1.165, 1.54) is 15.9 Å². The van der Waals surface area contributed by atoms with Gasteiger partial charge in [0.2, 0.25) is 11.8 Å². The third kappa shape index (κ3) is 4.98. The number of fused-ring (bicyclic) bond motifs is 1. The van der Waals surface area contributed by atoms with E-state index in [4.69, 9.17) is 28.9 Å². The molecule has 11 heteroatoms. The summed E-state index contributed by atoms with van der Waals surface area (Å²) in [6.45, 7) is -0.255. The fourth-order valence-corrected chi connectivity index (χ4v) is 5.22. The quantitative estimate of drug-likeness (QED) is 0.428. The van der Waals surface area contributed by atoms with E-state index >= 15 is 0 Å². The summed E-state index contributed by atoms with van der Waals surface area (Å²) in [6, 6.07) is 13.7. The lowest BCUT2D eigenvalue weighted by Crippen LogP contribution is -2.36. The number of nitrogens with one attached hydrogen (secondary N) is 1. The van der Waals surface area contributed by atoms with Crippen molar-refractivity contribution in [1.29, 1.82) is 0 Å². The van der Waals surface area contributed by atoms with Gasteiger partial charge in [0.25, 0.3) is 5.91 Å². The number of nitrogens with zero attached hydrogens (tertiary/aromatic N) is 2. The molecule has 2 aromatic carbocycles. The van der Waals surface area contributed by atoms with E-state index in [-0.39, 0.29) is 34.6 Å². The van der Waals surface area contributed by atoms with Gasteiger partial charge in [0.1, 0.15) is 10.9 Å². The Balaban J connectivity index is 1.54. The summed E-state index contributed by atoms with van der Waals surface area (Å²) in [5, 5.41) is 12.1. The van der Waals surface area contributed by atoms with Gasteiger partial charge in [-0.25, -0.2) is 0 Å². The lowest BCUT2D eigenvalue weighted by atomic mass is 10.0. The molecule has 4 rings (SSSR count). The normalized spacial score (nSPS) is 18.6. The molecule has 1 saturated heterocycles. The highest BCUT2D eigenvalue weighted by Crippen LogP contribution is 2.41. The first kappa shape index (κ1) is 23.9. The van der Waals surface area contributed by atoms with Crippen LogP contribution in [-0.2, 0) is 19.2 Å². The van der Waals surface area contributed by atoms with Crippen LogP contribution in [0.3, 0.4) is 0 Å². The van der Waals surface area contributed by atoms with Crippen molar-refractivity contribution in [2.24, 2.45) is 0 Å². The van der Waals surface area contributed by atoms with E-state index in [0.717, 1.165) is 11.8 Å². The van der Waals surface area contributed by atoms with Gasteiger partial charge >= 0.3 is 5.97 Å². The van der Waals surface area contributed by atoms with E-state index in [0.29, 0.717) is 22.0 Å². The van der Waals surface area contributed by atoms with Crippen LogP contribution in [0.15, 0.2) is 59.5 Å². The van der Waals surface area contributed by atoms with Crippen LogP contribution < -0.4 is 10.2 Å². The smallest absolute Gasteiger partial charge is 0.305 e. The number of halogens is 1. The number of benzene rings is 2. The maximum atomic E-state index is 13.3. The molecule has 0 aromatic heterocycles. The number of hydrogen-bond donors (Lipinski definition) is 2. The molecule has 174 valence electrons. The van der Waals surface area contributed by atoms with Gasteiger partial charge in [-0.1, -0.05) is 59.8 Å². The third-order valence-corrected chi connectivity index (χ3v) is 6.88. The Labute approximate surface area is 209 Å². The minimum atomic E-state index is -1.04. The lowest BCUT2D eigenvalue weighted by Gasteiger charge is -2.17. The first-order valence-corrected chi connectivity index (χ1v) is 11.8. The van der Waals surface area contributed by atoms with Gasteiger partial charge in [0.05, 0.1) is 17.2 Å². The predicted molar refractivity (Wildman–Crippen MR) is 134 cm³/mol. The van der Waals surface area contributed by atoms with E-state index in [1.807, 2.05) is 0 Å². The number of aliphatic carboxylic acids is 1. The largest absolute Gasteiger partial charge is 0.481 e. The summed E-state index contributed by atoms with van der Waals surface area (Å²) < 4.78 is 0.244. The average molecular weight is 516 g/mol. The highest BCUT2D eigenvalue weighted by Gasteiger charge is 2.40. The summed E-state index contributed by atoms with van der Waals surface area (Å²) in [5.41, 5.74) is 1.76. The van der Waals surface area contributed by atoms with E-state index < -0.39 is 23.7 Å². The molecule has 1 fully saturated rings. The van der Waals surface area contributed by atoms with Gasteiger partial charge in [0.15, 0.2) is 0 Å². The van der Waals surface area contributed by atoms with Gasteiger partial charge in [-0.3, -0.25) is 24.1 Å². The van der Waals surface area contributed by atoms with Crippen LogP contribution in [-0.4, -0.2) is 51.1 Å². The van der Waals surface area contributed by atoms with Crippen molar-refractivity contribution in [3.8, 4) is 0 Å². The molecule has 1 atom stereocenters. The molecule has 2 aliphatic heterocycles. The number of thiocarbonyl (C=S) groups is 1. The fourth-order valence-electron chi connectivity index (χ4n) is 3.72. The molecule has 8 nitrogen and oxygen atoms in total. The number of rotatable bonds is 7. The molecule has 0 spiro atoms. The highest BCUT2D eigenvalue weighted by atomic mass is 35.5. The lowest BCUT2D eigenvalue weighted by molar-refractivity contribution is -0.137. The second kappa shape index (κ2) is 9.96. The van der Waals surface area contributed by atoms with E-state index in [1.54, 1.807) is 48.5 Å². The van der Waals surface area contributed by atoms with E-state index in [9.17, 15) is 19.2 Å². The molecular formula is C23H18ClN3O5S2. The summed E-state index contributed by atoms with van der Waals surface area (Å²) >= 11 is 12.2. The van der Waals surface area contributed by atoms with Gasteiger partial charge < -0.3 is 15.3 Å². The van der Waals surface area contributed by atoms with Crippen molar-refractivity contribution in [1.82, 2.24) is 4.90 Å². The predicted octanol–water partition coefficient (Wildman–Crippen LogP) is 3.63. The minimum Gasteiger partial charge on any atom is -0.481 e. The SMILES string of the molecule is O=C(O)CCN1C(=O)/C(=C/[C@@H]2C(=O)N(CC(=O)Nc3cccc(Cl)c3)c3ccccc32)SC1=S. The number of para-hydroxylation sites is 1. The molecule has 0 unspecified atom stereocenters. The topological polar surface area (TPSA) is 107 Å². The van der Waals surface area contributed by atoms with Crippen molar-refractivity contribution in [2.45, 2.75) is 12.3 Å². The number of amides is 3. The Morgan fingerprint density at radius 2 is 1.91 bits per heavy atom. The summed E-state index contributed by atoms with van der Waals surface area (Å²) in [4.78, 5) is 52.5. The van der Waals surface area contributed by atoms with Crippen LogP contribution in [0.1, 0.15) is 17.9 Å². The van der Waals surface area contributed by atoms with Crippen molar-refractivity contribution in [2.75, 3.05) is 23.3 Å². The van der Waals surface area contributed by atoms with Gasteiger partial charge in [-0.15, -0.1) is 0 Å². The zero-order valence-electron chi connectivity index (χ0n) is 17.6. The average Bonchev–Trinajstić information content (AvgIpc) is 3.20. The minimum absolute atomic E-state index is 0.0393. The number of hydrogen-bond acceptors (Lipinski definition) is 6. The molecule has 2 N–H and O–H groups in total. The maximum absolute atomic E-state index is 13.3. The second-order valence-corrected chi connectivity index (χ2v) is 9.63. The molecular weight excluding hydrogens is 498 g/mol. The Morgan fingerprint density at radius 3 is 2.65 bits per heavy atom. The highest BCUT2D eigenvalue weighted by molar-refractivity contribution is 8.26. The Hall–Kier alpha value is -3.21. The van der Waals surface area contributed by atoms with Gasteiger partial charge in [-0.2, -0.15) is 0 Å². The molecule has 0 aliphatic carbocycles. The van der Waals surface area contributed by atoms with Crippen molar-refractivity contribution >= 4 is 75.0 Å². The van der Waals surface area contributed by atoms with Crippen LogP contribution in [0.5, 0.6) is 0 Å². The number of carbonyl (C=O) groups excluding carboxylic acids is 3. The molecule has 0 radical (unpaired) electrons. The zero-order valence-corrected chi connectivity index (χ0v) is 20.0. The standard InChI is InChI=1S/C23H18ClN3O5S2/c24-13-4-3-5-14(10-13)25-19(28)12-27-17-7-2-1-6-15(17)16(21(27)31)11-18-22(32)26(23(33)34-18)9-8-20(29)30/h1-7,10-11,16H,8-9,12H2,(H,25,28)(H,29,30)/b18-11-/t16-/m0/s1. The molecule has 0 saturated carbocycles. The van der Waals surface area contributed by atoms with Crippen LogP contribution in [0.25, 0.3) is 0 Å². The summed E-state index contributed by atoms with van der Waals surface area (Å²) in [6.07, 6.45) is 1.30. The van der Waals surface area contributed by atoms with Crippen LogP contribution in [0.4, 0.5) is 11.4 Å². The fraction of sp³-hybridized carbons (Fsp3) is 0.174. The van der Waals surface area contributed by atoms with Gasteiger partial charge in [0, 0.05) is 22.9 Å². The van der Waals surface area contributed by atoms with Crippen LogP contribution in [0.2, 0.25) is 5.02 Å². The number of carboxylic acids is 1. The maximum Gasteiger partial charge on any atom is 0.305 e. The molecule has 34 heavy (non-hydrogen) atoms. The van der Waals surface area contributed by atoms with Crippen molar-refractivity contribution in [3.05, 3.63) is 70.1 Å². The van der Waals surface area contributed by atoms with Crippen LogP contribution >= 0.6 is 35.6 Å². The van der Waals surface area contributed by atoms with Crippen molar-refractivity contribution < 1.29 is 24.3 Å². The van der Waals surface area contributed by atoms with Crippen molar-refractivity contribution in [3.63, 3.8) is 0 Å². The number of thioether (sulfide) groups is 1. The third-order valence-electron chi connectivity index (χ3n) is 5.25. The number of carboxylic acid groups (broad SMARTS) is 1. The Kier molecular flexibility index (Phi) is 7.01. The number of anilines is 2. The summed E-state index contributed by atoms with van der Waals surface area (Å²) in [5.74, 6) is -2.99. The second-order valence-electron chi connectivity index (χ2n) is 7.52. The number of carbonyl (C=O) groups is 4. The molecule has 0 bridgehead atoms. The Bertz CT molecular complexity index is 1250. The molecule has 2 heterocycles. The van der Waals surface area contributed by atoms with E-state index in [2.05, 4.69) is 5.32 Å². The first-order chi connectivity index (χ1) is 16.2. The van der Waals surface area contributed by atoms with Gasteiger partial charge in [-0.05, 0) is 35.9 Å². The molecule has 2 aromatic rings.